The highest BCUT2D eigenvalue weighted by Gasteiger charge is 2.68. The predicted octanol–water partition coefficient (Wildman–Crippen LogP) is 2.69. The number of hydrogen-bond donors (Lipinski definition) is 1. The summed E-state index contributed by atoms with van der Waals surface area (Å²) in [7, 11) is 0. The zero-order valence-electron chi connectivity index (χ0n) is 10.9. The van der Waals surface area contributed by atoms with Gasteiger partial charge in [-0.1, -0.05) is 11.6 Å². The van der Waals surface area contributed by atoms with Crippen molar-refractivity contribution in [1.29, 1.82) is 0 Å². The molecule has 21 heavy (non-hydrogen) atoms. The number of rotatable bonds is 3. The normalized spacial score (nSPS) is 39.6. The molecule has 0 aromatic heterocycles. The summed E-state index contributed by atoms with van der Waals surface area (Å²) in [5, 5.41) is 10.2. The molecule has 0 unspecified atom stereocenters. The van der Waals surface area contributed by atoms with Gasteiger partial charge in [-0.2, -0.15) is 0 Å². The summed E-state index contributed by atoms with van der Waals surface area (Å²) in [4.78, 5) is 24.5. The quantitative estimate of drug-likeness (QED) is 0.866. The van der Waals surface area contributed by atoms with Crippen molar-refractivity contribution in [3.8, 4) is 0 Å². The first-order valence-corrected chi connectivity index (χ1v) is 8.17. The van der Waals surface area contributed by atoms with Gasteiger partial charge in [0.1, 0.15) is 6.10 Å². The van der Waals surface area contributed by atoms with Crippen molar-refractivity contribution in [2.24, 2.45) is 23.7 Å². The van der Waals surface area contributed by atoms with Gasteiger partial charge in [-0.3, -0.25) is 9.59 Å². The number of esters is 1. The molecule has 1 heterocycles. The Bertz CT molecular complexity index is 617. The molecule has 1 aromatic carbocycles. The summed E-state index contributed by atoms with van der Waals surface area (Å²) in [6.07, 6.45) is 0.646. The van der Waals surface area contributed by atoms with Gasteiger partial charge in [-0.25, -0.2) is 0 Å². The smallest absolute Gasteiger partial charge is 0.310 e. The molecule has 6 heteroatoms. The molecular formula is C15H13ClO4S. The van der Waals surface area contributed by atoms with Crippen LogP contribution < -0.4 is 0 Å². The molecule has 4 rings (SSSR count). The van der Waals surface area contributed by atoms with Crippen LogP contribution >= 0.6 is 23.4 Å². The van der Waals surface area contributed by atoms with Crippen LogP contribution in [0.4, 0.5) is 0 Å². The molecule has 1 aliphatic heterocycles. The molecule has 0 spiro atoms. The number of benzene rings is 1. The van der Waals surface area contributed by atoms with Crippen LogP contribution in [0.1, 0.15) is 6.42 Å². The van der Waals surface area contributed by atoms with Crippen LogP contribution in [0.5, 0.6) is 0 Å². The van der Waals surface area contributed by atoms with Crippen LogP contribution in [0.25, 0.3) is 0 Å². The fraction of sp³-hybridized carbons (Fsp3) is 0.467. The molecule has 4 nitrogen and oxygen atoms in total. The number of aliphatic carboxylic acids is 1. The fourth-order valence-electron chi connectivity index (χ4n) is 4.15. The van der Waals surface area contributed by atoms with E-state index in [1.807, 2.05) is 24.3 Å². The average molecular weight is 325 g/mol. The minimum absolute atomic E-state index is 0.00891. The second-order valence-corrected chi connectivity index (χ2v) is 7.58. The molecule has 0 radical (unpaired) electrons. The molecule has 3 aliphatic rings. The highest BCUT2D eigenvalue weighted by atomic mass is 35.5. The van der Waals surface area contributed by atoms with E-state index in [2.05, 4.69) is 0 Å². The van der Waals surface area contributed by atoms with Crippen LogP contribution in [0, 0.1) is 23.7 Å². The summed E-state index contributed by atoms with van der Waals surface area (Å²) in [5.41, 5.74) is 0. The first kappa shape index (κ1) is 13.5. The highest BCUT2D eigenvalue weighted by molar-refractivity contribution is 8.00. The van der Waals surface area contributed by atoms with E-state index in [4.69, 9.17) is 16.3 Å². The number of thioether (sulfide) groups is 1. The van der Waals surface area contributed by atoms with Crippen LogP contribution in [0.15, 0.2) is 29.2 Å². The average Bonchev–Trinajstić information content (AvgIpc) is 3.04. The number of carbonyl (C=O) groups is 2. The van der Waals surface area contributed by atoms with Crippen molar-refractivity contribution in [3.63, 3.8) is 0 Å². The van der Waals surface area contributed by atoms with Gasteiger partial charge < -0.3 is 9.84 Å². The van der Waals surface area contributed by atoms with Gasteiger partial charge in [-0.05, 0) is 36.6 Å². The Morgan fingerprint density at radius 1 is 1.29 bits per heavy atom. The van der Waals surface area contributed by atoms with Gasteiger partial charge in [0.05, 0.1) is 17.1 Å². The largest absolute Gasteiger partial charge is 0.481 e. The Kier molecular flexibility index (Phi) is 2.98. The lowest BCUT2D eigenvalue weighted by Gasteiger charge is -2.29. The minimum Gasteiger partial charge on any atom is -0.481 e. The van der Waals surface area contributed by atoms with Crippen molar-refractivity contribution in [1.82, 2.24) is 0 Å². The van der Waals surface area contributed by atoms with Crippen LogP contribution in [0.3, 0.4) is 0 Å². The van der Waals surface area contributed by atoms with E-state index < -0.39 is 17.8 Å². The van der Waals surface area contributed by atoms with E-state index >= 15 is 0 Å². The van der Waals surface area contributed by atoms with Crippen molar-refractivity contribution in [2.75, 3.05) is 0 Å². The molecule has 2 aliphatic carbocycles. The summed E-state index contributed by atoms with van der Waals surface area (Å²) in [6.45, 7) is 0. The van der Waals surface area contributed by atoms with E-state index in [0.29, 0.717) is 5.02 Å². The number of halogens is 1. The lowest BCUT2D eigenvalue weighted by molar-refractivity contribution is -0.151. The molecular weight excluding hydrogens is 312 g/mol. The molecule has 110 valence electrons. The van der Waals surface area contributed by atoms with Gasteiger partial charge in [-0.15, -0.1) is 11.8 Å². The summed E-state index contributed by atoms with van der Waals surface area (Å²) >= 11 is 7.49. The summed E-state index contributed by atoms with van der Waals surface area (Å²) in [6, 6.07) is 7.47. The first-order valence-electron chi connectivity index (χ1n) is 6.92. The number of carbonyl (C=O) groups excluding carboxylic acids is 1. The maximum Gasteiger partial charge on any atom is 0.310 e. The number of carboxylic acid groups (broad SMARTS) is 1. The monoisotopic (exact) mass is 324 g/mol. The third-order valence-electron chi connectivity index (χ3n) is 4.92. The summed E-state index contributed by atoms with van der Waals surface area (Å²) < 4.78 is 5.48. The lowest BCUT2D eigenvalue weighted by atomic mass is 9.80. The van der Waals surface area contributed by atoms with Crippen LogP contribution in [-0.2, 0) is 14.3 Å². The van der Waals surface area contributed by atoms with Crippen molar-refractivity contribution < 1.29 is 19.4 Å². The molecule has 2 saturated carbocycles. The standard InChI is InChI=1S/C15H13ClO4S/c16-6-1-3-7(4-2-6)21-13-9-5-8-11(10(9)14(17)18)15(19)20-12(8)13/h1-4,8-13H,5H2,(H,17,18)/t8-,9+,10+,11-,12+,13-/m1/s1. The molecule has 2 bridgehead atoms. The van der Waals surface area contributed by atoms with Crippen molar-refractivity contribution in [2.45, 2.75) is 22.7 Å². The number of ether oxygens (including phenoxy) is 1. The SMILES string of the molecule is O=C1O[C@H]2[C@@H]3C[C@H]([C@H]2Sc2ccc(Cl)cc2)[C@H](C(=O)O)[C@H]13. The predicted molar refractivity (Wildman–Crippen MR) is 77.2 cm³/mol. The lowest BCUT2D eigenvalue weighted by Crippen LogP contribution is -2.39. The molecule has 1 N–H and O–H groups in total. The van der Waals surface area contributed by atoms with Crippen LogP contribution in [0.2, 0.25) is 5.02 Å². The third kappa shape index (κ3) is 1.90. The second-order valence-electron chi connectivity index (χ2n) is 5.89. The Morgan fingerprint density at radius 2 is 2.00 bits per heavy atom. The zero-order chi connectivity index (χ0) is 14.7. The van der Waals surface area contributed by atoms with Gasteiger partial charge >= 0.3 is 11.9 Å². The first-order chi connectivity index (χ1) is 10.1. The Balaban J connectivity index is 1.63. The van der Waals surface area contributed by atoms with E-state index in [0.717, 1.165) is 11.3 Å². The van der Waals surface area contributed by atoms with Gasteiger partial charge in [0.15, 0.2) is 0 Å². The maximum absolute atomic E-state index is 11.9. The maximum atomic E-state index is 11.9. The molecule has 1 aromatic rings. The van der Waals surface area contributed by atoms with Crippen molar-refractivity contribution in [3.05, 3.63) is 29.3 Å². The Hall–Kier alpha value is -1.20. The second kappa shape index (κ2) is 4.65. The van der Waals surface area contributed by atoms with Crippen LogP contribution in [-0.4, -0.2) is 28.4 Å². The number of fused-ring (bicyclic) bond motifs is 1. The van der Waals surface area contributed by atoms with E-state index in [9.17, 15) is 14.7 Å². The Morgan fingerprint density at radius 3 is 2.67 bits per heavy atom. The van der Waals surface area contributed by atoms with E-state index in [-0.39, 0.29) is 29.2 Å². The van der Waals surface area contributed by atoms with E-state index in [1.54, 1.807) is 11.8 Å². The fourth-order valence-corrected chi connectivity index (χ4v) is 5.73. The molecule has 0 amide bonds. The highest BCUT2D eigenvalue weighted by Crippen LogP contribution is 2.61. The van der Waals surface area contributed by atoms with Crippen molar-refractivity contribution >= 4 is 35.3 Å². The molecule has 3 fully saturated rings. The zero-order valence-corrected chi connectivity index (χ0v) is 12.5. The van der Waals surface area contributed by atoms with Gasteiger partial charge in [0.25, 0.3) is 0 Å². The van der Waals surface area contributed by atoms with E-state index in [1.165, 1.54) is 0 Å². The van der Waals surface area contributed by atoms with Gasteiger partial charge in [0.2, 0.25) is 0 Å². The number of hydrogen-bond acceptors (Lipinski definition) is 4. The minimum atomic E-state index is -0.869. The topological polar surface area (TPSA) is 63.6 Å². The molecule has 1 saturated heterocycles. The third-order valence-corrected chi connectivity index (χ3v) is 6.60. The molecule has 6 atom stereocenters. The Labute approximate surface area is 130 Å². The number of carboxylic acids is 1. The summed E-state index contributed by atoms with van der Waals surface area (Å²) in [5.74, 6) is -2.13. The van der Waals surface area contributed by atoms with Gasteiger partial charge in [0, 0.05) is 15.8 Å².